The Balaban J connectivity index is 1.05. The van der Waals surface area contributed by atoms with E-state index in [2.05, 4.69) is 199 Å². The molecule has 0 bridgehead atoms. The molecule has 0 radical (unpaired) electrons. The van der Waals surface area contributed by atoms with Gasteiger partial charge in [0.2, 0.25) is 0 Å². The van der Waals surface area contributed by atoms with Crippen LogP contribution in [0.15, 0.2) is 231 Å². The molecule has 0 fully saturated rings. The number of fused-ring (bicyclic) bond motifs is 3. The quantitative estimate of drug-likeness (QED) is 0.154. The SMILES string of the molecule is c1ccc(-c2cc(-c3cccc(-c4ccc(-c5cccc6cc(-c7ccccc7)n7nc(-c8ccccc8)c(-c8ccccc8)c7c56)cc4)c3)nc(-c3ccccc3)n2)cc1. The zero-order valence-corrected chi connectivity index (χ0v) is 33.2. The van der Waals surface area contributed by atoms with E-state index in [1.54, 1.807) is 0 Å². The van der Waals surface area contributed by atoms with Crippen LogP contribution in [-0.4, -0.2) is 19.6 Å². The van der Waals surface area contributed by atoms with E-state index in [0.29, 0.717) is 5.82 Å². The van der Waals surface area contributed by atoms with Gasteiger partial charge < -0.3 is 0 Å². The van der Waals surface area contributed by atoms with E-state index in [0.717, 1.165) is 100 Å². The van der Waals surface area contributed by atoms with E-state index < -0.39 is 0 Å². The molecule has 0 saturated heterocycles. The van der Waals surface area contributed by atoms with Gasteiger partial charge in [-0.15, -0.1) is 0 Å². The molecule has 0 N–H and O–H groups in total. The Labute approximate surface area is 354 Å². The normalized spacial score (nSPS) is 11.3. The highest BCUT2D eigenvalue weighted by Gasteiger charge is 2.23. The van der Waals surface area contributed by atoms with E-state index >= 15 is 0 Å². The standard InChI is InChI=1S/C57H38N4/c1-6-18-41(19-7-1)50-38-51(59-57(58-50)45-26-14-5-15-27-45)47-29-16-28-46(36-47)39-32-34-40(35-33-39)49-31-17-30-48-37-52(42-20-8-2-9-21-42)61-56(53(48)49)54(43-22-10-3-11-23-43)55(60-61)44-24-12-4-13-25-44/h1-38H. The third kappa shape index (κ3) is 6.76. The molecule has 11 rings (SSSR count). The summed E-state index contributed by atoms with van der Waals surface area (Å²) in [7, 11) is 0. The molecule has 11 aromatic rings. The number of hydrogen-bond donors (Lipinski definition) is 0. The van der Waals surface area contributed by atoms with Gasteiger partial charge in [-0.05, 0) is 51.4 Å². The molecule has 0 unspecified atom stereocenters. The van der Waals surface area contributed by atoms with Crippen LogP contribution >= 0.6 is 0 Å². The van der Waals surface area contributed by atoms with Crippen LogP contribution in [-0.2, 0) is 0 Å². The van der Waals surface area contributed by atoms with Crippen LogP contribution in [0.1, 0.15) is 0 Å². The first-order chi connectivity index (χ1) is 30.2. The van der Waals surface area contributed by atoms with Crippen molar-refractivity contribution in [2.24, 2.45) is 0 Å². The molecule has 0 saturated carbocycles. The summed E-state index contributed by atoms with van der Waals surface area (Å²) in [6, 6.07) is 81.0. The minimum Gasteiger partial charge on any atom is -0.231 e. The molecule has 3 aromatic heterocycles. The third-order valence-electron chi connectivity index (χ3n) is 11.4. The minimum absolute atomic E-state index is 0.705. The van der Waals surface area contributed by atoms with E-state index in [1.165, 1.54) is 0 Å². The number of benzene rings is 8. The van der Waals surface area contributed by atoms with Crippen LogP contribution in [0.25, 0.3) is 106 Å². The van der Waals surface area contributed by atoms with Crippen LogP contribution in [0.4, 0.5) is 0 Å². The summed E-state index contributed by atoms with van der Waals surface area (Å²) in [4.78, 5) is 10.1. The molecule has 0 aliphatic heterocycles. The zero-order chi connectivity index (χ0) is 40.5. The maximum absolute atomic E-state index is 5.46. The molecule has 8 aromatic carbocycles. The van der Waals surface area contributed by atoms with E-state index in [9.17, 15) is 0 Å². The van der Waals surface area contributed by atoms with Gasteiger partial charge in [-0.25, -0.2) is 14.5 Å². The van der Waals surface area contributed by atoms with Crippen molar-refractivity contribution in [3.63, 3.8) is 0 Å². The average molecular weight is 779 g/mol. The van der Waals surface area contributed by atoms with Crippen LogP contribution in [0.5, 0.6) is 0 Å². The molecule has 0 amide bonds. The molecule has 4 heteroatoms. The first-order valence-electron chi connectivity index (χ1n) is 20.6. The first-order valence-corrected chi connectivity index (χ1v) is 20.6. The van der Waals surface area contributed by atoms with Crippen molar-refractivity contribution in [1.29, 1.82) is 0 Å². The first kappa shape index (κ1) is 35.9. The van der Waals surface area contributed by atoms with Crippen molar-refractivity contribution in [3.8, 4) is 89.8 Å². The molecular formula is C57H38N4. The average Bonchev–Trinajstić information content (AvgIpc) is 3.76. The fraction of sp³-hybridized carbons (Fsp3) is 0. The number of nitrogens with zero attached hydrogens (tertiary/aromatic N) is 4. The van der Waals surface area contributed by atoms with Gasteiger partial charge in [0.05, 0.1) is 22.6 Å². The molecule has 4 nitrogen and oxygen atoms in total. The Morgan fingerprint density at radius 3 is 1.49 bits per heavy atom. The van der Waals surface area contributed by atoms with Crippen molar-refractivity contribution in [2.75, 3.05) is 0 Å². The van der Waals surface area contributed by atoms with Gasteiger partial charge in [0.25, 0.3) is 0 Å². The van der Waals surface area contributed by atoms with Crippen molar-refractivity contribution in [3.05, 3.63) is 231 Å². The molecule has 0 aliphatic carbocycles. The van der Waals surface area contributed by atoms with Crippen molar-refractivity contribution >= 4 is 16.3 Å². The fourth-order valence-corrected chi connectivity index (χ4v) is 8.49. The molecule has 3 heterocycles. The van der Waals surface area contributed by atoms with Gasteiger partial charge in [-0.2, -0.15) is 5.10 Å². The summed E-state index contributed by atoms with van der Waals surface area (Å²) in [5.74, 6) is 0.705. The highest BCUT2D eigenvalue weighted by atomic mass is 15.2. The Morgan fingerprint density at radius 1 is 0.328 bits per heavy atom. The Morgan fingerprint density at radius 2 is 0.836 bits per heavy atom. The molecule has 61 heavy (non-hydrogen) atoms. The second kappa shape index (κ2) is 15.5. The van der Waals surface area contributed by atoms with E-state index in [-0.39, 0.29) is 0 Å². The lowest BCUT2D eigenvalue weighted by molar-refractivity contribution is 0.980. The zero-order valence-electron chi connectivity index (χ0n) is 33.2. The summed E-state index contributed by atoms with van der Waals surface area (Å²) in [5.41, 5.74) is 16.9. The van der Waals surface area contributed by atoms with Gasteiger partial charge in [-0.1, -0.05) is 212 Å². The van der Waals surface area contributed by atoms with Gasteiger partial charge in [0.15, 0.2) is 5.82 Å². The van der Waals surface area contributed by atoms with Gasteiger partial charge in [0.1, 0.15) is 5.69 Å². The topological polar surface area (TPSA) is 43.1 Å². The lowest BCUT2D eigenvalue weighted by Crippen LogP contribution is -1.97. The van der Waals surface area contributed by atoms with Crippen LogP contribution in [0.3, 0.4) is 0 Å². The van der Waals surface area contributed by atoms with E-state index in [1.807, 2.05) is 36.4 Å². The predicted octanol–water partition coefficient (Wildman–Crippen LogP) is 14.6. The highest BCUT2D eigenvalue weighted by molar-refractivity contribution is 6.14. The number of pyridine rings is 1. The monoisotopic (exact) mass is 778 g/mol. The summed E-state index contributed by atoms with van der Waals surface area (Å²) in [6.07, 6.45) is 0. The minimum atomic E-state index is 0.705. The number of aromatic nitrogens is 4. The fourth-order valence-electron chi connectivity index (χ4n) is 8.49. The van der Waals surface area contributed by atoms with Crippen LogP contribution in [0.2, 0.25) is 0 Å². The summed E-state index contributed by atoms with van der Waals surface area (Å²) < 4.78 is 2.17. The summed E-state index contributed by atoms with van der Waals surface area (Å²) in [6.45, 7) is 0. The molecule has 0 atom stereocenters. The summed E-state index contributed by atoms with van der Waals surface area (Å²) >= 11 is 0. The molecule has 0 aliphatic rings. The second-order valence-corrected chi connectivity index (χ2v) is 15.2. The maximum atomic E-state index is 5.46. The lowest BCUT2D eigenvalue weighted by atomic mass is 9.92. The van der Waals surface area contributed by atoms with Crippen molar-refractivity contribution in [2.45, 2.75) is 0 Å². The van der Waals surface area contributed by atoms with Crippen molar-refractivity contribution < 1.29 is 0 Å². The number of rotatable bonds is 8. The highest BCUT2D eigenvalue weighted by Crippen LogP contribution is 2.44. The molecule has 286 valence electrons. The third-order valence-corrected chi connectivity index (χ3v) is 11.4. The Bertz CT molecular complexity index is 3250. The predicted molar refractivity (Wildman–Crippen MR) is 252 cm³/mol. The summed E-state index contributed by atoms with van der Waals surface area (Å²) in [5, 5.41) is 7.78. The number of hydrogen-bond acceptors (Lipinski definition) is 3. The van der Waals surface area contributed by atoms with Crippen LogP contribution < -0.4 is 0 Å². The van der Waals surface area contributed by atoms with Gasteiger partial charge in [-0.3, -0.25) is 0 Å². The smallest absolute Gasteiger partial charge is 0.160 e. The Hall–Kier alpha value is -8.21. The second-order valence-electron chi connectivity index (χ2n) is 15.2. The Kier molecular flexibility index (Phi) is 9.14. The van der Waals surface area contributed by atoms with Crippen molar-refractivity contribution in [1.82, 2.24) is 19.6 Å². The molecular weight excluding hydrogens is 741 g/mol. The largest absolute Gasteiger partial charge is 0.231 e. The molecule has 0 spiro atoms. The maximum Gasteiger partial charge on any atom is 0.160 e. The van der Waals surface area contributed by atoms with Gasteiger partial charge >= 0.3 is 0 Å². The van der Waals surface area contributed by atoms with Crippen LogP contribution in [0, 0.1) is 0 Å². The lowest BCUT2D eigenvalue weighted by Gasteiger charge is -2.15. The van der Waals surface area contributed by atoms with Gasteiger partial charge in [0, 0.05) is 38.8 Å². The van der Waals surface area contributed by atoms with E-state index in [4.69, 9.17) is 15.1 Å².